The predicted octanol–water partition coefficient (Wildman–Crippen LogP) is 2.94. The average Bonchev–Trinajstić information content (AvgIpc) is 3.02. The Balaban J connectivity index is 1.60. The highest BCUT2D eigenvalue weighted by molar-refractivity contribution is 5.93. The van der Waals surface area contributed by atoms with Crippen LogP contribution in [0, 0.1) is 0 Å². The maximum atomic E-state index is 13.4. The second-order valence-corrected chi connectivity index (χ2v) is 10.3. The monoisotopic (exact) mass is 569 g/mol. The van der Waals surface area contributed by atoms with E-state index in [1.807, 2.05) is 84.9 Å². The minimum atomic E-state index is -1.08. The molecule has 3 aromatic carbocycles. The zero-order valence-corrected chi connectivity index (χ0v) is 24.2. The molecule has 0 unspecified atom stereocenters. The fourth-order valence-corrected chi connectivity index (χ4v) is 4.62. The topological polar surface area (TPSA) is 145 Å². The fraction of sp³-hybridized carbons (Fsp3) is 0.324. The van der Waals surface area contributed by atoms with Gasteiger partial charge in [0.05, 0.1) is 18.5 Å². The van der Waals surface area contributed by atoms with Gasteiger partial charge in [0, 0.05) is 32.6 Å². The Labute approximate surface area is 249 Å². The molecule has 42 heavy (non-hydrogen) atoms. The second kappa shape index (κ2) is 17.6. The van der Waals surface area contributed by atoms with Crippen LogP contribution < -0.4 is 22.5 Å². The van der Waals surface area contributed by atoms with Gasteiger partial charge in [-0.3, -0.25) is 14.4 Å². The molecule has 0 saturated heterocycles. The Bertz CT molecular complexity index is 1270. The molecule has 0 aliphatic heterocycles. The number of hydrogen-bond donors (Lipinski definition) is 4. The molecule has 3 aromatic rings. The molecule has 0 fully saturated rings. The number of Topliss-reactive ketones (excluding diaryl/α,β-unsaturated/α-hetero) is 1. The highest BCUT2D eigenvalue weighted by Gasteiger charge is 2.26. The van der Waals surface area contributed by atoms with Crippen molar-refractivity contribution in [2.45, 2.75) is 44.2 Å². The van der Waals surface area contributed by atoms with Gasteiger partial charge in [-0.2, -0.15) is 0 Å². The molecule has 8 nitrogen and oxygen atoms in total. The third-order valence-electron chi connectivity index (χ3n) is 7.06. The Morgan fingerprint density at radius 3 is 1.88 bits per heavy atom. The van der Waals surface area contributed by atoms with Crippen molar-refractivity contribution in [3.05, 3.63) is 107 Å². The van der Waals surface area contributed by atoms with Crippen LogP contribution in [0.3, 0.4) is 0 Å². The van der Waals surface area contributed by atoms with E-state index >= 15 is 0 Å². The van der Waals surface area contributed by atoms with E-state index in [0.717, 1.165) is 22.3 Å². The lowest BCUT2D eigenvalue weighted by atomic mass is 9.97. The smallest absolute Gasteiger partial charge is 0.238 e. The van der Waals surface area contributed by atoms with Crippen molar-refractivity contribution in [1.82, 2.24) is 10.2 Å². The molecule has 0 bridgehead atoms. The molecular weight excluding hydrogens is 526 g/mol. The summed E-state index contributed by atoms with van der Waals surface area (Å²) in [6, 6.07) is 26.2. The van der Waals surface area contributed by atoms with E-state index in [2.05, 4.69) is 17.5 Å². The van der Waals surface area contributed by atoms with Crippen molar-refractivity contribution in [1.29, 1.82) is 0 Å². The quantitative estimate of drug-likeness (QED) is 0.184. The van der Waals surface area contributed by atoms with Crippen LogP contribution >= 0.6 is 0 Å². The van der Waals surface area contributed by atoms with Crippen molar-refractivity contribution in [3.63, 3.8) is 0 Å². The SMILES string of the molecule is NCCN(CCN)C(=O)C[C@H](N)C(=O)N[C@@H](CCc1ccccc1)C(=O)CCc1ccc(/C=C/c2ccccc2)cc1. The van der Waals surface area contributed by atoms with Crippen molar-refractivity contribution in [2.75, 3.05) is 26.2 Å². The minimum Gasteiger partial charge on any atom is -0.345 e. The van der Waals surface area contributed by atoms with E-state index in [4.69, 9.17) is 17.2 Å². The van der Waals surface area contributed by atoms with Gasteiger partial charge in [-0.15, -0.1) is 0 Å². The number of nitrogens with zero attached hydrogens (tertiary/aromatic N) is 1. The summed E-state index contributed by atoms with van der Waals surface area (Å²) < 4.78 is 0. The zero-order chi connectivity index (χ0) is 30.2. The molecule has 2 atom stereocenters. The molecule has 0 aliphatic rings. The molecule has 222 valence electrons. The molecule has 3 rings (SSSR count). The lowest BCUT2D eigenvalue weighted by Gasteiger charge is -2.24. The second-order valence-electron chi connectivity index (χ2n) is 10.3. The van der Waals surface area contributed by atoms with Gasteiger partial charge in [0.1, 0.15) is 0 Å². The van der Waals surface area contributed by atoms with Crippen LogP contribution in [0.2, 0.25) is 0 Å². The van der Waals surface area contributed by atoms with E-state index in [1.165, 1.54) is 4.90 Å². The van der Waals surface area contributed by atoms with E-state index in [1.54, 1.807) is 0 Å². The van der Waals surface area contributed by atoms with Crippen molar-refractivity contribution in [3.8, 4) is 0 Å². The number of nitrogens with one attached hydrogen (secondary N) is 1. The Hall–Kier alpha value is -4.11. The zero-order valence-electron chi connectivity index (χ0n) is 24.2. The maximum absolute atomic E-state index is 13.4. The van der Waals surface area contributed by atoms with Crippen LogP contribution in [0.5, 0.6) is 0 Å². The number of nitrogens with two attached hydrogens (primary N) is 3. The predicted molar refractivity (Wildman–Crippen MR) is 169 cm³/mol. The Morgan fingerprint density at radius 1 is 0.738 bits per heavy atom. The van der Waals surface area contributed by atoms with Crippen LogP contribution in [0.4, 0.5) is 0 Å². The third-order valence-corrected chi connectivity index (χ3v) is 7.06. The van der Waals surface area contributed by atoms with Gasteiger partial charge in [0.2, 0.25) is 11.8 Å². The highest BCUT2D eigenvalue weighted by atomic mass is 16.2. The van der Waals surface area contributed by atoms with Gasteiger partial charge in [0.25, 0.3) is 0 Å². The Kier molecular flexibility index (Phi) is 13.6. The average molecular weight is 570 g/mol. The summed E-state index contributed by atoms with van der Waals surface area (Å²) >= 11 is 0. The standard InChI is InChI=1S/C34H43N5O3/c35-21-23-39(24-22-36)33(41)25-30(37)34(42)38-31(19-17-27-9-5-2-6-10-27)32(40)20-18-29-15-13-28(14-16-29)12-11-26-7-3-1-4-8-26/h1-16,30-31H,17-25,35-37H2,(H,38,42)/b12-11+/t30-,31-/m0/s1. The molecular formula is C34H43N5O3. The van der Waals surface area contributed by atoms with Crippen LogP contribution in [-0.4, -0.2) is 60.8 Å². The maximum Gasteiger partial charge on any atom is 0.238 e. The number of ketones is 1. The number of hydrogen-bond acceptors (Lipinski definition) is 6. The number of aryl methyl sites for hydroxylation is 2. The summed E-state index contributed by atoms with van der Waals surface area (Å²) in [6.07, 6.45) is 5.81. The first-order chi connectivity index (χ1) is 20.4. The molecule has 7 N–H and O–H groups in total. The van der Waals surface area contributed by atoms with Gasteiger partial charge >= 0.3 is 0 Å². The van der Waals surface area contributed by atoms with Crippen molar-refractivity contribution in [2.24, 2.45) is 17.2 Å². The van der Waals surface area contributed by atoms with Crippen LogP contribution in [0.25, 0.3) is 12.2 Å². The summed E-state index contributed by atoms with van der Waals surface area (Å²) in [6.45, 7) is 1.26. The minimum absolute atomic E-state index is 0.0706. The molecule has 0 radical (unpaired) electrons. The first-order valence-corrected chi connectivity index (χ1v) is 14.5. The number of amides is 2. The van der Waals surface area contributed by atoms with Crippen molar-refractivity contribution < 1.29 is 14.4 Å². The van der Waals surface area contributed by atoms with Crippen LogP contribution in [0.1, 0.15) is 41.5 Å². The molecule has 8 heteroatoms. The molecule has 0 saturated carbocycles. The lowest BCUT2D eigenvalue weighted by Crippen LogP contribution is -2.51. The summed E-state index contributed by atoms with van der Waals surface area (Å²) in [5.41, 5.74) is 21.6. The van der Waals surface area contributed by atoms with Gasteiger partial charge in [-0.05, 0) is 41.5 Å². The molecule has 0 aromatic heterocycles. The number of rotatable bonds is 17. The first kappa shape index (κ1) is 32.4. The largest absolute Gasteiger partial charge is 0.345 e. The first-order valence-electron chi connectivity index (χ1n) is 14.5. The number of carbonyl (C=O) groups is 3. The van der Waals surface area contributed by atoms with Gasteiger partial charge < -0.3 is 27.4 Å². The summed E-state index contributed by atoms with van der Waals surface area (Å²) in [4.78, 5) is 40.5. The lowest BCUT2D eigenvalue weighted by molar-refractivity contribution is -0.135. The van der Waals surface area contributed by atoms with Gasteiger partial charge in [-0.1, -0.05) is 97.1 Å². The van der Waals surface area contributed by atoms with Crippen LogP contribution in [0.15, 0.2) is 84.9 Å². The molecule has 0 spiro atoms. The normalized spacial score (nSPS) is 12.5. The molecule has 0 heterocycles. The highest BCUT2D eigenvalue weighted by Crippen LogP contribution is 2.13. The van der Waals surface area contributed by atoms with Gasteiger partial charge in [0.15, 0.2) is 5.78 Å². The molecule has 0 aliphatic carbocycles. The van der Waals surface area contributed by atoms with Gasteiger partial charge in [-0.25, -0.2) is 0 Å². The summed E-state index contributed by atoms with van der Waals surface area (Å²) in [7, 11) is 0. The van der Waals surface area contributed by atoms with Crippen molar-refractivity contribution >= 4 is 29.7 Å². The molecule has 2 amide bonds. The van der Waals surface area contributed by atoms with E-state index < -0.39 is 18.0 Å². The van der Waals surface area contributed by atoms with E-state index in [-0.39, 0.29) is 37.6 Å². The van der Waals surface area contributed by atoms with E-state index in [9.17, 15) is 14.4 Å². The fourth-order valence-electron chi connectivity index (χ4n) is 4.62. The third kappa shape index (κ3) is 11.0. The summed E-state index contributed by atoms with van der Waals surface area (Å²) in [5, 5.41) is 2.83. The van der Waals surface area contributed by atoms with Crippen LogP contribution in [-0.2, 0) is 27.2 Å². The number of benzene rings is 3. The number of carbonyl (C=O) groups excluding carboxylic acids is 3. The Morgan fingerprint density at radius 2 is 1.29 bits per heavy atom. The van der Waals surface area contributed by atoms with E-state index in [0.29, 0.717) is 32.4 Å². The summed E-state index contributed by atoms with van der Waals surface area (Å²) in [5.74, 6) is -0.883.